The molecule has 0 bridgehead atoms. The number of nitrogens with two attached hydrogens (primary N) is 1. The summed E-state index contributed by atoms with van der Waals surface area (Å²) in [6, 6.07) is 7.22. The first-order valence-corrected chi connectivity index (χ1v) is 5.97. The van der Waals surface area contributed by atoms with Gasteiger partial charge in [-0.15, -0.1) is 0 Å². The maximum absolute atomic E-state index is 5.95. The van der Waals surface area contributed by atoms with Crippen LogP contribution in [0.4, 0.5) is 0 Å². The van der Waals surface area contributed by atoms with Crippen LogP contribution >= 0.6 is 0 Å². The van der Waals surface area contributed by atoms with E-state index in [1.165, 1.54) is 42.4 Å². The third-order valence-corrected chi connectivity index (χ3v) is 3.60. The fourth-order valence-electron chi connectivity index (χ4n) is 2.63. The molecule has 1 aliphatic carbocycles. The molecule has 2 unspecified atom stereocenters. The minimum Gasteiger partial charge on any atom is -0.328 e. The topological polar surface area (TPSA) is 26.0 Å². The summed E-state index contributed by atoms with van der Waals surface area (Å²) in [5.41, 5.74) is 10.3. The summed E-state index contributed by atoms with van der Waals surface area (Å²) in [5, 5.41) is 0. The van der Waals surface area contributed by atoms with Crippen LogP contribution in [0.3, 0.4) is 0 Å². The molecule has 15 heavy (non-hydrogen) atoms. The largest absolute Gasteiger partial charge is 0.328 e. The predicted octanol–water partition coefficient (Wildman–Crippen LogP) is 2.97. The molecule has 1 aromatic rings. The van der Waals surface area contributed by atoms with Crippen molar-refractivity contribution < 1.29 is 0 Å². The third-order valence-electron chi connectivity index (χ3n) is 3.60. The second-order valence-corrected chi connectivity index (χ2v) is 5.07. The number of hydrogen-bond donors (Lipinski definition) is 1. The summed E-state index contributed by atoms with van der Waals surface area (Å²) in [7, 11) is 0. The zero-order valence-corrected chi connectivity index (χ0v) is 9.79. The SMILES string of the molecule is Cc1ccc(C)c(CC2CCC(N)C2)c1. The first kappa shape index (κ1) is 10.7. The normalized spacial score (nSPS) is 25.8. The number of benzene rings is 1. The Labute approximate surface area is 92.7 Å². The first-order valence-electron chi connectivity index (χ1n) is 5.97. The molecule has 1 fully saturated rings. The van der Waals surface area contributed by atoms with Crippen molar-refractivity contribution in [2.24, 2.45) is 11.7 Å². The molecular weight excluding hydrogens is 182 g/mol. The zero-order valence-electron chi connectivity index (χ0n) is 9.79. The van der Waals surface area contributed by atoms with E-state index >= 15 is 0 Å². The van der Waals surface area contributed by atoms with Crippen molar-refractivity contribution in [1.82, 2.24) is 0 Å². The molecule has 2 N–H and O–H groups in total. The van der Waals surface area contributed by atoms with E-state index in [1.54, 1.807) is 0 Å². The quantitative estimate of drug-likeness (QED) is 0.785. The summed E-state index contributed by atoms with van der Waals surface area (Å²) in [6.45, 7) is 4.38. The third kappa shape index (κ3) is 2.60. The molecule has 0 spiro atoms. The Morgan fingerprint density at radius 3 is 2.73 bits per heavy atom. The van der Waals surface area contributed by atoms with Gasteiger partial charge < -0.3 is 5.73 Å². The monoisotopic (exact) mass is 203 g/mol. The van der Waals surface area contributed by atoms with Crippen molar-refractivity contribution in [2.45, 2.75) is 45.6 Å². The lowest BCUT2D eigenvalue weighted by molar-refractivity contribution is 0.533. The van der Waals surface area contributed by atoms with Crippen LogP contribution in [-0.2, 0) is 6.42 Å². The highest BCUT2D eigenvalue weighted by atomic mass is 14.6. The van der Waals surface area contributed by atoms with Crippen molar-refractivity contribution >= 4 is 0 Å². The molecule has 1 aliphatic rings. The molecule has 2 atom stereocenters. The second kappa shape index (κ2) is 4.36. The fourth-order valence-corrected chi connectivity index (χ4v) is 2.63. The Morgan fingerprint density at radius 2 is 2.07 bits per heavy atom. The van der Waals surface area contributed by atoms with Crippen molar-refractivity contribution in [1.29, 1.82) is 0 Å². The van der Waals surface area contributed by atoms with Gasteiger partial charge in [0.15, 0.2) is 0 Å². The lowest BCUT2D eigenvalue weighted by Crippen LogP contribution is -2.15. The molecule has 1 saturated carbocycles. The minimum atomic E-state index is 0.458. The summed E-state index contributed by atoms with van der Waals surface area (Å²) in [4.78, 5) is 0. The minimum absolute atomic E-state index is 0.458. The number of rotatable bonds is 2. The van der Waals surface area contributed by atoms with Crippen LogP contribution in [0.1, 0.15) is 36.0 Å². The molecule has 0 saturated heterocycles. The molecular formula is C14H21N. The van der Waals surface area contributed by atoms with Crippen LogP contribution in [0, 0.1) is 19.8 Å². The average molecular weight is 203 g/mol. The highest BCUT2D eigenvalue weighted by Crippen LogP contribution is 2.28. The van der Waals surface area contributed by atoms with Crippen LogP contribution in [0.2, 0.25) is 0 Å². The lowest BCUT2D eigenvalue weighted by atomic mass is 9.94. The van der Waals surface area contributed by atoms with Gasteiger partial charge in [0.25, 0.3) is 0 Å². The van der Waals surface area contributed by atoms with E-state index in [2.05, 4.69) is 32.0 Å². The van der Waals surface area contributed by atoms with E-state index in [-0.39, 0.29) is 0 Å². The molecule has 1 nitrogen and oxygen atoms in total. The summed E-state index contributed by atoms with van der Waals surface area (Å²) >= 11 is 0. The molecule has 1 aromatic carbocycles. The molecule has 1 heteroatoms. The van der Waals surface area contributed by atoms with Gasteiger partial charge in [-0.25, -0.2) is 0 Å². The zero-order chi connectivity index (χ0) is 10.8. The maximum Gasteiger partial charge on any atom is 0.00416 e. The van der Waals surface area contributed by atoms with E-state index in [9.17, 15) is 0 Å². The van der Waals surface area contributed by atoms with Gasteiger partial charge in [0.2, 0.25) is 0 Å². The van der Waals surface area contributed by atoms with E-state index in [0.29, 0.717) is 6.04 Å². The highest BCUT2D eigenvalue weighted by Gasteiger charge is 2.22. The van der Waals surface area contributed by atoms with Gasteiger partial charge in [-0.1, -0.05) is 23.8 Å². The maximum atomic E-state index is 5.95. The van der Waals surface area contributed by atoms with E-state index in [4.69, 9.17) is 5.73 Å². The number of aryl methyl sites for hydroxylation is 2. The standard InChI is InChI=1S/C14H21N/c1-10-3-4-11(2)13(7-10)8-12-5-6-14(15)9-12/h3-4,7,12,14H,5-6,8-9,15H2,1-2H3. The molecule has 82 valence electrons. The smallest absolute Gasteiger partial charge is 0.00416 e. The van der Waals surface area contributed by atoms with Crippen LogP contribution in [0.5, 0.6) is 0 Å². The Hall–Kier alpha value is -0.820. The van der Waals surface area contributed by atoms with Crippen molar-refractivity contribution in [3.05, 3.63) is 34.9 Å². The summed E-state index contributed by atoms with van der Waals surface area (Å²) in [5.74, 6) is 0.820. The number of hydrogen-bond acceptors (Lipinski definition) is 1. The van der Waals surface area contributed by atoms with Crippen molar-refractivity contribution in [3.63, 3.8) is 0 Å². The highest BCUT2D eigenvalue weighted by molar-refractivity contribution is 5.30. The summed E-state index contributed by atoms with van der Waals surface area (Å²) < 4.78 is 0. The van der Waals surface area contributed by atoms with Crippen LogP contribution in [0.25, 0.3) is 0 Å². The average Bonchev–Trinajstić information content (AvgIpc) is 2.58. The molecule has 0 aliphatic heterocycles. The van der Waals surface area contributed by atoms with Crippen molar-refractivity contribution in [3.8, 4) is 0 Å². The lowest BCUT2D eigenvalue weighted by Gasteiger charge is -2.12. The van der Waals surface area contributed by atoms with Gasteiger partial charge in [0, 0.05) is 6.04 Å². The van der Waals surface area contributed by atoms with E-state index in [1.807, 2.05) is 0 Å². The first-order chi connectivity index (χ1) is 7.15. The Bertz CT molecular complexity index is 343. The molecule has 0 amide bonds. The van der Waals surface area contributed by atoms with Gasteiger partial charge in [0.05, 0.1) is 0 Å². The molecule has 0 heterocycles. The summed E-state index contributed by atoms with van der Waals surface area (Å²) in [6.07, 6.45) is 4.97. The Balaban J connectivity index is 2.07. The van der Waals surface area contributed by atoms with Gasteiger partial charge >= 0.3 is 0 Å². The van der Waals surface area contributed by atoms with E-state index in [0.717, 1.165) is 5.92 Å². The Morgan fingerprint density at radius 1 is 1.27 bits per heavy atom. The van der Waals surface area contributed by atoms with Gasteiger partial charge in [-0.2, -0.15) is 0 Å². The Kier molecular flexibility index (Phi) is 3.11. The van der Waals surface area contributed by atoms with Gasteiger partial charge in [-0.3, -0.25) is 0 Å². The second-order valence-electron chi connectivity index (χ2n) is 5.07. The molecule has 2 rings (SSSR count). The van der Waals surface area contributed by atoms with Crippen LogP contribution in [0.15, 0.2) is 18.2 Å². The fraction of sp³-hybridized carbons (Fsp3) is 0.571. The van der Waals surface area contributed by atoms with Gasteiger partial charge in [0.1, 0.15) is 0 Å². The molecule has 0 aromatic heterocycles. The predicted molar refractivity (Wildman–Crippen MR) is 64.9 cm³/mol. The molecule has 0 radical (unpaired) electrons. The van der Waals surface area contributed by atoms with Crippen molar-refractivity contribution in [2.75, 3.05) is 0 Å². The van der Waals surface area contributed by atoms with Gasteiger partial charge in [-0.05, 0) is 56.6 Å². The van der Waals surface area contributed by atoms with E-state index < -0.39 is 0 Å². The van der Waals surface area contributed by atoms with Crippen LogP contribution in [-0.4, -0.2) is 6.04 Å². The van der Waals surface area contributed by atoms with Crippen LogP contribution < -0.4 is 5.73 Å².